The Morgan fingerprint density at radius 3 is 2.22 bits per heavy atom. The minimum Gasteiger partial charge on any atom is -0.322 e. The van der Waals surface area contributed by atoms with Crippen molar-refractivity contribution < 1.29 is 9.59 Å². The number of hydrogen-bond acceptors (Lipinski definition) is 5. The van der Waals surface area contributed by atoms with Crippen molar-refractivity contribution in [1.29, 1.82) is 0 Å². The highest BCUT2D eigenvalue weighted by molar-refractivity contribution is 6.26. The van der Waals surface area contributed by atoms with Crippen LogP contribution in [0.3, 0.4) is 0 Å². The molecule has 4 N–H and O–H groups in total. The molecule has 6 nitrogen and oxygen atoms in total. The molecule has 1 heterocycles. The summed E-state index contributed by atoms with van der Waals surface area (Å²) in [5.74, 6) is -1.18. The van der Waals surface area contributed by atoms with E-state index in [1.807, 2.05) is 68.4 Å². The largest absolute Gasteiger partial charge is 0.322 e. The minimum atomic E-state index is -2.08. The van der Waals surface area contributed by atoms with Crippen molar-refractivity contribution in [3.63, 3.8) is 0 Å². The summed E-state index contributed by atoms with van der Waals surface area (Å²) in [6.45, 7) is 5.26. The summed E-state index contributed by atoms with van der Waals surface area (Å²) in [6, 6.07) is 15.7. The zero-order chi connectivity index (χ0) is 19.8. The van der Waals surface area contributed by atoms with Gasteiger partial charge >= 0.3 is 0 Å². The van der Waals surface area contributed by atoms with Crippen molar-refractivity contribution in [2.24, 2.45) is 16.5 Å². The number of carbonyl (C=O) groups excluding carboxylic acids is 2. The molecule has 1 aliphatic heterocycles. The van der Waals surface area contributed by atoms with Crippen LogP contribution in [0.1, 0.15) is 31.9 Å². The number of Topliss-reactive ketones (excluding diaryl/α,β-unsaturated/α-hetero) is 1. The molecule has 2 aromatic rings. The van der Waals surface area contributed by atoms with Gasteiger partial charge in [-0.25, -0.2) is 4.99 Å². The van der Waals surface area contributed by atoms with Crippen molar-refractivity contribution in [3.05, 3.63) is 65.7 Å². The molecule has 3 rings (SSSR count). The lowest BCUT2D eigenvalue weighted by molar-refractivity contribution is -0.134. The van der Waals surface area contributed by atoms with E-state index in [1.165, 1.54) is 11.8 Å². The first kappa shape index (κ1) is 18.9. The fourth-order valence-electron chi connectivity index (χ4n) is 3.30. The summed E-state index contributed by atoms with van der Waals surface area (Å²) in [6.07, 6.45) is 0. The van der Waals surface area contributed by atoms with Gasteiger partial charge in [0.05, 0.1) is 17.4 Å². The van der Waals surface area contributed by atoms with E-state index in [2.05, 4.69) is 4.99 Å². The van der Waals surface area contributed by atoms with Gasteiger partial charge in [0.15, 0.2) is 0 Å². The van der Waals surface area contributed by atoms with E-state index in [0.717, 1.165) is 11.1 Å². The third kappa shape index (κ3) is 3.18. The Hall–Kier alpha value is -2.83. The molecule has 0 spiro atoms. The third-order valence-electron chi connectivity index (χ3n) is 4.60. The van der Waals surface area contributed by atoms with E-state index in [1.54, 1.807) is 0 Å². The Bertz CT molecular complexity index is 905. The number of carbonyl (C=O) groups is 2. The Labute approximate surface area is 158 Å². The Kier molecular flexibility index (Phi) is 4.95. The van der Waals surface area contributed by atoms with E-state index in [0.29, 0.717) is 11.4 Å². The van der Waals surface area contributed by atoms with Crippen LogP contribution in [-0.2, 0) is 9.59 Å². The molecule has 0 saturated heterocycles. The van der Waals surface area contributed by atoms with Crippen molar-refractivity contribution >= 4 is 23.1 Å². The smallest absolute Gasteiger partial charge is 0.277 e. The summed E-state index contributed by atoms with van der Waals surface area (Å²) in [5, 5.41) is 0. The zero-order valence-electron chi connectivity index (χ0n) is 15.7. The molecular formula is C21H24N4O2. The number of anilines is 1. The monoisotopic (exact) mass is 364 g/mol. The summed E-state index contributed by atoms with van der Waals surface area (Å²) in [5.41, 5.74) is 12.8. The second-order valence-electron chi connectivity index (χ2n) is 7.03. The maximum Gasteiger partial charge on any atom is 0.277 e. The van der Waals surface area contributed by atoms with Crippen LogP contribution in [0.5, 0.6) is 0 Å². The highest BCUT2D eigenvalue weighted by atomic mass is 16.2. The predicted molar refractivity (Wildman–Crippen MR) is 107 cm³/mol. The number of para-hydroxylation sites is 1. The van der Waals surface area contributed by atoms with Gasteiger partial charge in [0, 0.05) is 17.2 Å². The lowest BCUT2D eigenvalue weighted by Crippen LogP contribution is -2.63. The van der Waals surface area contributed by atoms with Gasteiger partial charge in [-0.2, -0.15) is 0 Å². The van der Waals surface area contributed by atoms with Gasteiger partial charge in [-0.05, 0) is 26.8 Å². The average molecular weight is 364 g/mol. The van der Waals surface area contributed by atoms with Crippen LogP contribution >= 0.6 is 0 Å². The summed E-state index contributed by atoms with van der Waals surface area (Å²) < 4.78 is 0. The van der Waals surface area contributed by atoms with E-state index >= 15 is 0 Å². The van der Waals surface area contributed by atoms with Crippen LogP contribution < -0.4 is 16.4 Å². The number of amides is 1. The molecule has 0 saturated carbocycles. The number of nitrogens with zero attached hydrogens (tertiary/aromatic N) is 2. The van der Waals surface area contributed by atoms with Gasteiger partial charge in [0.2, 0.25) is 11.4 Å². The summed E-state index contributed by atoms with van der Waals surface area (Å²) in [7, 11) is 0. The number of benzene rings is 2. The highest BCUT2D eigenvalue weighted by Gasteiger charge is 2.49. The predicted octanol–water partition coefficient (Wildman–Crippen LogP) is 1.85. The molecular weight excluding hydrogens is 340 g/mol. The number of nitrogens with two attached hydrogens (primary N) is 2. The lowest BCUT2D eigenvalue weighted by atomic mass is 9.98. The first-order chi connectivity index (χ1) is 12.8. The topological polar surface area (TPSA) is 102 Å². The number of ketones is 1. The molecule has 0 radical (unpaired) electrons. The van der Waals surface area contributed by atoms with Crippen LogP contribution in [0.2, 0.25) is 0 Å². The van der Waals surface area contributed by atoms with Crippen LogP contribution in [0.4, 0.5) is 5.69 Å². The van der Waals surface area contributed by atoms with Crippen LogP contribution in [0.15, 0.2) is 59.6 Å². The lowest BCUT2D eigenvalue weighted by Gasteiger charge is -2.32. The fraction of sp³-hybridized carbons (Fsp3) is 0.286. The van der Waals surface area contributed by atoms with E-state index in [9.17, 15) is 9.59 Å². The number of benzodiazepines with no additional fused rings is 1. The first-order valence-corrected chi connectivity index (χ1v) is 8.94. The van der Waals surface area contributed by atoms with Crippen LogP contribution in [0.25, 0.3) is 0 Å². The van der Waals surface area contributed by atoms with Gasteiger partial charge < -0.3 is 10.6 Å². The minimum absolute atomic E-state index is 0.215. The van der Waals surface area contributed by atoms with Crippen molar-refractivity contribution in [3.8, 4) is 0 Å². The van der Waals surface area contributed by atoms with Crippen LogP contribution in [-0.4, -0.2) is 35.1 Å². The summed E-state index contributed by atoms with van der Waals surface area (Å²) >= 11 is 0. The standard InChI is InChI=1S/C21H24N4O2/c1-13(2)25-17-12-8-7-11-16(17)18(15-9-5-4-6-10-15)24-21(23,20(25)27)19(26)14(3)22/h4-14H,22-23H2,1-3H3/t14-,21?/m0/s1. The Balaban J connectivity index is 2.36. The van der Waals surface area contributed by atoms with Gasteiger partial charge in [-0.1, -0.05) is 48.5 Å². The quantitative estimate of drug-likeness (QED) is 0.808. The Morgan fingerprint density at radius 2 is 1.63 bits per heavy atom. The molecule has 2 aromatic carbocycles. The SMILES string of the molecule is CC(C)N1C(=O)C(N)(C(=O)[C@H](C)N)N=C(c2ccccc2)c2ccccc21. The molecule has 0 aromatic heterocycles. The zero-order valence-corrected chi connectivity index (χ0v) is 15.7. The fourth-order valence-corrected chi connectivity index (χ4v) is 3.30. The maximum atomic E-state index is 13.4. The molecule has 0 fully saturated rings. The van der Waals surface area contributed by atoms with Gasteiger partial charge in [0.25, 0.3) is 5.91 Å². The maximum absolute atomic E-state index is 13.4. The van der Waals surface area contributed by atoms with E-state index in [4.69, 9.17) is 11.5 Å². The number of hydrogen-bond donors (Lipinski definition) is 2. The normalized spacial score (nSPS) is 20.7. The third-order valence-corrected chi connectivity index (χ3v) is 4.60. The molecule has 1 amide bonds. The van der Waals surface area contributed by atoms with Gasteiger partial charge in [-0.3, -0.25) is 15.3 Å². The molecule has 2 atom stereocenters. The van der Waals surface area contributed by atoms with Crippen LogP contribution in [0, 0.1) is 0 Å². The molecule has 27 heavy (non-hydrogen) atoms. The molecule has 1 unspecified atom stereocenters. The van der Waals surface area contributed by atoms with Gasteiger partial charge in [-0.15, -0.1) is 0 Å². The molecule has 6 heteroatoms. The number of aliphatic imine (C=N–C) groups is 1. The first-order valence-electron chi connectivity index (χ1n) is 8.94. The molecule has 0 bridgehead atoms. The summed E-state index contributed by atoms with van der Waals surface area (Å²) in [4.78, 5) is 32.4. The molecule has 1 aliphatic rings. The number of fused-ring (bicyclic) bond motifs is 1. The van der Waals surface area contributed by atoms with Crippen molar-refractivity contribution in [1.82, 2.24) is 0 Å². The second kappa shape index (κ2) is 7.06. The van der Waals surface area contributed by atoms with Crippen molar-refractivity contribution in [2.45, 2.75) is 38.5 Å². The average Bonchev–Trinajstić information content (AvgIpc) is 2.75. The van der Waals surface area contributed by atoms with Gasteiger partial charge in [0.1, 0.15) is 0 Å². The molecule has 140 valence electrons. The Morgan fingerprint density at radius 1 is 1.04 bits per heavy atom. The number of rotatable bonds is 4. The van der Waals surface area contributed by atoms with E-state index < -0.39 is 23.4 Å². The highest BCUT2D eigenvalue weighted by Crippen LogP contribution is 2.32. The second-order valence-corrected chi connectivity index (χ2v) is 7.03. The van der Waals surface area contributed by atoms with E-state index in [-0.39, 0.29) is 6.04 Å². The molecule has 0 aliphatic carbocycles. The van der Waals surface area contributed by atoms with Crippen molar-refractivity contribution in [2.75, 3.05) is 4.90 Å².